The zero-order valence-corrected chi connectivity index (χ0v) is 12.4. The highest BCUT2D eigenvalue weighted by Gasteiger charge is 2.40. The van der Waals surface area contributed by atoms with Crippen LogP contribution in [0.25, 0.3) is 0 Å². The molecule has 19 heavy (non-hydrogen) atoms. The van der Waals surface area contributed by atoms with Gasteiger partial charge in [0, 0.05) is 39.1 Å². The van der Waals surface area contributed by atoms with Crippen molar-refractivity contribution in [3.63, 3.8) is 0 Å². The SMILES string of the molecule is CC(=O)N1CCN(C(=S)N[C@@H]2C[C@@H]3CC[C@H]2C3)CC1. The number of carbonyl (C=O) groups excluding carboxylic acids is 1. The average Bonchev–Trinajstić information content (AvgIpc) is 3.01. The van der Waals surface area contributed by atoms with E-state index in [-0.39, 0.29) is 5.91 Å². The van der Waals surface area contributed by atoms with E-state index in [2.05, 4.69) is 10.2 Å². The van der Waals surface area contributed by atoms with Gasteiger partial charge in [0.15, 0.2) is 5.11 Å². The quantitative estimate of drug-likeness (QED) is 0.733. The van der Waals surface area contributed by atoms with E-state index in [9.17, 15) is 4.79 Å². The third kappa shape index (κ3) is 2.71. The number of piperazine rings is 1. The van der Waals surface area contributed by atoms with Gasteiger partial charge >= 0.3 is 0 Å². The van der Waals surface area contributed by atoms with Crippen molar-refractivity contribution in [2.75, 3.05) is 26.2 Å². The predicted octanol–water partition coefficient (Wildman–Crippen LogP) is 1.21. The van der Waals surface area contributed by atoms with E-state index in [1.165, 1.54) is 25.7 Å². The van der Waals surface area contributed by atoms with Crippen LogP contribution in [-0.4, -0.2) is 53.0 Å². The summed E-state index contributed by atoms with van der Waals surface area (Å²) in [5, 5.41) is 4.48. The van der Waals surface area contributed by atoms with Crippen molar-refractivity contribution in [1.29, 1.82) is 0 Å². The van der Waals surface area contributed by atoms with Gasteiger partial charge in [-0.05, 0) is 43.3 Å². The minimum absolute atomic E-state index is 0.173. The summed E-state index contributed by atoms with van der Waals surface area (Å²) in [4.78, 5) is 15.4. The van der Waals surface area contributed by atoms with Gasteiger partial charge in [0.2, 0.25) is 5.91 Å². The van der Waals surface area contributed by atoms with Crippen molar-refractivity contribution >= 4 is 23.2 Å². The summed E-state index contributed by atoms with van der Waals surface area (Å²) in [6.07, 6.45) is 5.51. The Morgan fingerprint density at radius 1 is 1.11 bits per heavy atom. The maximum atomic E-state index is 11.3. The van der Waals surface area contributed by atoms with Crippen LogP contribution in [0.5, 0.6) is 0 Å². The third-order valence-electron chi connectivity index (χ3n) is 5.06. The fourth-order valence-electron chi connectivity index (χ4n) is 3.90. The van der Waals surface area contributed by atoms with Crippen LogP contribution in [0, 0.1) is 11.8 Å². The van der Waals surface area contributed by atoms with Crippen molar-refractivity contribution in [2.24, 2.45) is 11.8 Å². The molecule has 4 nitrogen and oxygen atoms in total. The van der Waals surface area contributed by atoms with Crippen LogP contribution in [0.15, 0.2) is 0 Å². The second kappa shape index (κ2) is 5.27. The van der Waals surface area contributed by atoms with E-state index in [0.29, 0.717) is 6.04 Å². The van der Waals surface area contributed by atoms with Crippen molar-refractivity contribution in [2.45, 2.75) is 38.6 Å². The molecule has 2 bridgehead atoms. The summed E-state index contributed by atoms with van der Waals surface area (Å²) >= 11 is 5.54. The molecule has 0 unspecified atom stereocenters. The van der Waals surface area contributed by atoms with Crippen molar-refractivity contribution in [3.05, 3.63) is 0 Å². The Labute approximate surface area is 120 Å². The van der Waals surface area contributed by atoms with E-state index in [1.54, 1.807) is 6.92 Å². The van der Waals surface area contributed by atoms with E-state index >= 15 is 0 Å². The molecule has 0 aromatic carbocycles. The lowest BCUT2D eigenvalue weighted by molar-refractivity contribution is -0.130. The number of carbonyl (C=O) groups is 1. The van der Waals surface area contributed by atoms with Crippen molar-refractivity contribution < 1.29 is 4.79 Å². The van der Waals surface area contributed by atoms with E-state index in [1.807, 2.05) is 4.90 Å². The first kappa shape index (κ1) is 13.2. The summed E-state index contributed by atoms with van der Waals surface area (Å²) in [6, 6.07) is 0.608. The topological polar surface area (TPSA) is 35.6 Å². The van der Waals surface area contributed by atoms with Gasteiger partial charge in [0.25, 0.3) is 0 Å². The molecule has 1 heterocycles. The lowest BCUT2D eigenvalue weighted by atomic mass is 9.95. The first-order chi connectivity index (χ1) is 9.13. The van der Waals surface area contributed by atoms with Crippen LogP contribution in [0.3, 0.4) is 0 Å². The summed E-state index contributed by atoms with van der Waals surface area (Å²) in [6.45, 7) is 4.97. The fraction of sp³-hybridized carbons (Fsp3) is 0.857. The molecule has 1 aliphatic heterocycles. The maximum absolute atomic E-state index is 11.3. The van der Waals surface area contributed by atoms with Crippen LogP contribution in [-0.2, 0) is 4.79 Å². The Hall–Kier alpha value is -0.840. The molecular formula is C14H23N3OS. The Morgan fingerprint density at radius 2 is 1.79 bits per heavy atom. The van der Waals surface area contributed by atoms with E-state index in [0.717, 1.165) is 43.1 Å². The number of fused-ring (bicyclic) bond motifs is 2. The number of amides is 1. The molecule has 3 rings (SSSR count). The molecule has 1 amide bonds. The highest BCUT2D eigenvalue weighted by atomic mass is 32.1. The summed E-state index contributed by atoms with van der Waals surface area (Å²) in [5.74, 6) is 1.97. The molecule has 0 aromatic rings. The van der Waals surface area contributed by atoms with Crippen LogP contribution in [0.1, 0.15) is 32.6 Å². The minimum atomic E-state index is 0.173. The van der Waals surface area contributed by atoms with Gasteiger partial charge in [-0.2, -0.15) is 0 Å². The molecule has 3 atom stereocenters. The van der Waals surface area contributed by atoms with Crippen LogP contribution in [0.2, 0.25) is 0 Å². The molecule has 5 heteroatoms. The number of thiocarbonyl (C=S) groups is 1. The highest BCUT2D eigenvalue weighted by Crippen LogP contribution is 2.44. The van der Waals surface area contributed by atoms with Gasteiger partial charge in [-0.3, -0.25) is 4.79 Å². The van der Waals surface area contributed by atoms with Crippen molar-refractivity contribution in [1.82, 2.24) is 15.1 Å². The Bertz CT molecular complexity index is 379. The first-order valence-corrected chi connectivity index (χ1v) is 7.85. The smallest absolute Gasteiger partial charge is 0.219 e. The second-order valence-corrected chi connectivity index (χ2v) is 6.61. The molecule has 1 N–H and O–H groups in total. The molecule has 106 valence electrons. The van der Waals surface area contributed by atoms with Gasteiger partial charge in [-0.1, -0.05) is 6.42 Å². The standard InChI is InChI=1S/C14H23N3OS/c1-10(18)16-4-6-17(7-5-16)14(19)15-13-9-11-2-3-12(13)8-11/h11-13H,2-9H2,1H3,(H,15,19)/t11-,12+,13-/m1/s1. The normalized spacial score (nSPS) is 33.6. The molecule has 1 saturated heterocycles. The minimum Gasteiger partial charge on any atom is -0.360 e. The van der Waals surface area contributed by atoms with Gasteiger partial charge < -0.3 is 15.1 Å². The number of hydrogen-bond acceptors (Lipinski definition) is 2. The van der Waals surface area contributed by atoms with Gasteiger partial charge in [0.05, 0.1) is 0 Å². The number of rotatable bonds is 1. The Kier molecular flexibility index (Phi) is 3.65. The Balaban J connectivity index is 1.48. The lowest BCUT2D eigenvalue weighted by Crippen LogP contribution is -2.54. The molecule has 0 spiro atoms. The first-order valence-electron chi connectivity index (χ1n) is 7.44. The summed E-state index contributed by atoms with van der Waals surface area (Å²) in [5.41, 5.74) is 0. The molecule has 2 saturated carbocycles. The average molecular weight is 281 g/mol. The molecule has 3 aliphatic rings. The maximum Gasteiger partial charge on any atom is 0.219 e. The largest absolute Gasteiger partial charge is 0.360 e. The number of nitrogens with one attached hydrogen (secondary N) is 1. The predicted molar refractivity (Wildman–Crippen MR) is 78.8 cm³/mol. The van der Waals surface area contributed by atoms with Crippen LogP contribution < -0.4 is 5.32 Å². The van der Waals surface area contributed by atoms with E-state index in [4.69, 9.17) is 12.2 Å². The molecule has 0 radical (unpaired) electrons. The fourth-order valence-corrected chi connectivity index (χ4v) is 4.23. The molecule has 0 aromatic heterocycles. The van der Waals surface area contributed by atoms with E-state index < -0.39 is 0 Å². The molecule has 2 aliphatic carbocycles. The van der Waals surface area contributed by atoms with Crippen LogP contribution >= 0.6 is 12.2 Å². The monoisotopic (exact) mass is 281 g/mol. The number of nitrogens with zero attached hydrogens (tertiary/aromatic N) is 2. The summed E-state index contributed by atoms with van der Waals surface area (Å²) < 4.78 is 0. The lowest BCUT2D eigenvalue weighted by Gasteiger charge is -2.37. The van der Waals surface area contributed by atoms with Gasteiger partial charge in [-0.15, -0.1) is 0 Å². The van der Waals surface area contributed by atoms with Crippen molar-refractivity contribution in [3.8, 4) is 0 Å². The molecular weight excluding hydrogens is 258 g/mol. The number of hydrogen-bond donors (Lipinski definition) is 1. The zero-order valence-electron chi connectivity index (χ0n) is 11.6. The Morgan fingerprint density at radius 3 is 2.32 bits per heavy atom. The summed E-state index contributed by atoms with van der Waals surface area (Å²) in [7, 11) is 0. The van der Waals surface area contributed by atoms with Gasteiger partial charge in [0.1, 0.15) is 0 Å². The van der Waals surface area contributed by atoms with Gasteiger partial charge in [-0.25, -0.2) is 0 Å². The molecule has 3 fully saturated rings. The highest BCUT2D eigenvalue weighted by molar-refractivity contribution is 7.80. The second-order valence-electron chi connectivity index (χ2n) is 6.22. The zero-order chi connectivity index (χ0) is 13.4. The van der Waals surface area contributed by atoms with Crippen LogP contribution in [0.4, 0.5) is 0 Å². The third-order valence-corrected chi connectivity index (χ3v) is 5.44.